The number of benzene rings is 3. The third-order valence-corrected chi connectivity index (χ3v) is 6.15. The maximum absolute atomic E-state index is 13.9. The molecule has 6 nitrogen and oxygen atoms in total. The Kier molecular flexibility index (Phi) is 8.10. The number of fused-ring (bicyclic) bond motifs is 1. The van der Waals surface area contributed by atoms with Crippen LogP contribution in [0.4, 0.5) is 4.39 Å². The largest absolute Gasteiger partial charge is 0.352 e. The van der Waals surface area contributed by atoms with E-state index in [0.29, 0.717) is 25.9 Å². The average molecular weight is 487 g/mol. The number of aryl methyl sites for hydroxylation is 1. The molecule has 1 N–H and O–H groups in total. The summed E-state index contributed by atoms with van der Waals surface area (Å²) in [6.07, 6.45) is 1.18. The summed E-state index contributed by atoms with van der Waals surface area (Å²) in [5, 5.41) is 2.77. The van der Waals surface area contributed by atoms with Crippen LogP contribution in [0.5, 0.6) is 0 Å². The van der Waals surface area contributed by atoms with Gasteiger partial charge in [0.25, 0.3) is 5.91 Å². The quantitative estimate of drug-likeness (QED) is 0.322. The van der Waals surface area contributed by atoms with Gasteiger partial charge in [0.1, 0.15) is 18.2 Å². The van der Waals surface area contributed by atoms with Gasteiger partial charge >= 0.3 is 0 Å². The van der Waals surface area contributed by atoms with Crippen molar-refractivity contribution in [2.75, 3.05) is 6.54 Å². The highest BCUT2D eigenvalue weighted by Crippen LogP contribution is 2.19. The number of nitrogens with one attached hydrogen (secondary N) is 1. The molecule has 4 aromatic rings. The van der Waals surface area contributed by atoms with Crippen molar-refractivity contribution in [2.24, 2.45) is 0 Å². The molecular weight excluding hydrogens is 455 g/mol. The molecule has 0 aliphatic carbocycles. The van der Waals surface area contributed by atoms with E-state index in [9.17, 15) is 14.0 Å². The zero-order valence-corrected chi connectivity index (χ0v) is 20.7. The summed E-state index contributed by atoms with van der Waals surface area (Å²) in [5.74, 6) is -0.176. The number of halogens is 1. The fraction of sp³-hybridized carbons (Fsp3) is 0.276. The Morgan fingerprint density at radius 3 is 2.42 bits per heavy atom. The van der Waals surface area contributed by atoms with Crippen molar-refractivity contribution in [3.05, 3.63) is 102 Å². The van der Waals surface area contributed by atoms with Crippen LogP contribution >= 0.6 is 0 Å². The van der Waals surface area contributed by atoms with E-state index in [4.69, 9.17) is 4.98 Å². The maximum Gasteiger partial charge on any atom is 0.254 e. The molecule has 186 valence electrons. The molecule has 1 heterocycles. The van der Waals surface area contributed by atoms with Crippen molar-refractivity contribution >= 4 is 22.8 Å². The Balaban J connectivity index is 1.46. The van der Waals surface area contributed by atoms with Gasteiger partial charge < -0.3 is 14.8 Å². The molecule has 0 atom stereocenters. The van der Waals surface area contributed by atoms with Crippen molar-refractivity contribution in [2.45, 2.75) is 45.8 Å². The highest BCUT2D eigenvalue weighted by molar-refractivity contribution is 5.94. The Hall–Kier alpha value is -4.00. The molecule has 0 aliphatic rings. The van der Waals surface area contributed by atoms with E-state index in [0.717, 1.165) is 22.4 Å². The van der Waals surface area contributed by atoms with E-state index in [2.05, 4.69) is 5.32 Å². The third-order valence-electron chi connectivity index (χ3n) is 6.15. The van der Waals surface area contributed by atoms with E-state index in [1.165, 1.54) is 12.1 Å². The SMILES string of the molecule is CC(C)N(Cc1ccccc1)C(=O)Cn1c(CCCNC(=O)c2ccccc2F)nc2ccccc21. The molecule has 0 saturated heterocycles. The lowest BCUT2D eigenvalue weighted by atomic mass is 10.2. The van der Waals surface area contributed by atoms with Gasteiger partial charge in [0.05, 0.1) is 16.6 Å². The maximum atomic E-state index is 13.9. The number of aromatic nitrogens is 2. The first-order valence-electron chi connectivity index (χ1n) is 12.2. The predicted molar refractivity (Wildman–Crippen MR) is 139 cm³/mol. The summed E-state index contributed by atoms with van der Waals surface area (Å²) in [4.78, 5) is 32.4. The predicted octanol–water partition coefficient (Wildman–Crippen LogP) is 4.98. The topological polar surface area (TPSA) is 67.2 Å². The van der Waals surface area contributed by atoms with Gasteiger partial charge in [-0.3, -0.25) is 9.59 Å². The summed E-state index contributed by atoms with van der Waals surface area (Å²) in [6, 6.07) is 23.7. The fourth-order valence-corrected chi connectivity index (χ4v) is 4.25. The lowest BCUT2D eigenvalue weighted by Crippen LogP contribution is -2.38. The van der Waals surface area contributed by atoms with Gasteiger partial charge in [-0.25, -0.2) is 9.37 Å². The molecule has 2 amide bonds. The van der Waals surface area contributed by atoms with Crippen molar-refractivity contribution < 1.29 is 14.0 Å². The zero-order valence-electron chi connectivity index (χ0n) is 20.7. The molecule has 3 aromatic carbocycles. The van der Waals surface area contributed by atoms with E-state index in [-0.39, 0.29) is 24.1 Å². The molecule has 0 fully saturated rings. The van der Waals surface area contributed by atoms with E-state index >= 15 is 0 Å². The summed E-state index contributed by atoms with van der Waals surface area (Å²) < 4.78 is 15.8. The number of amides is 2. The second kappa shape index (κ2) is 11.6. The lowest BCUT2D eigenvalue weighted by molar-refractivity contribution is -0.134. The molecule has 0 saturated carbocycles. The average Bonchev–Trinajstić information content (AvgIpc) is 3.22. The summed E-state index contributed by atoms with van der Waals surface area (Å²) in [5.41, 5.74) is 2.85. The molecule has 7 heteroatoms. The summed E-state index contributed by atoms with van der Waals surface area (Å²) in [6.45, 7) is 5.14. The minimum Gasteiger partial charge on any atom is -0.352 e. The lowest BCUT2D eigenvalue weighted by Gasteiger charge is -2.27. The van der Waals surface area contributed by atoms with Crippen LogP contribution in [-0.4, -0.2) is 38.9 Å². The number of hydrogen-bond acceptors (Lipinski definition) is 3. The van der Waals surface area contributed by atoms with E-state index in [1.54, 1.807) is 12.1 Å². The van der Waals surface area contributed by atoms with Crippen LogP contribution in [0, 0.1) is 5.82 Å². The second-order valence-electron chi connectivity index (χ2n) is 9.04. The molecule has 4 rings (SSSR count). The van der Waals surface area contributed by atoms with Crippen LogP contribution in [-0.2, 0) is 24.3 Å². The van der Waals surface area contributed by atoms with Crippen LogP contribution in [0.3, 0.4) is 0 Å². The molecule has 1 aromatic heterocycles. The molecule has 0 bridgehead atoms. The number of para-hydroxylation sites is 2. The summed E-state index contributed by atoms with van der Waals surface area (Å²) >= 11 is 0. The third kappa shape index (κ3) is 5.97. The van der Waals surface area contributed by atoms with Crippen LogP contribution in [0.1, 0.15) is 42.0 Å². The van der Waals surface area contributed by atoms with Gasteiger partial charge in [-0.15, -0.1) is 0 Å². The smallest absolute Gasteiger partial charge is 0.254 e. The zero-order chi connectivity index (χ0) is 25.5. The summed E-state index contributed by atoms with van der Waals surface area (Å²) in [7, 11) is 0. The minimum atomic E-state index is -0.541. The van der Waals surface area contributed by atoms with Crippen molar-refractivity contribution in [3.8, 4) is 0 Å². The number of nitrogens with zero attached hydrogens (tertiary/aromatic N) is 3. The molecule has 0 unspecified atom stereocenters. The van der Waals surface area contributed by atoms with Gasteiger partial charge in [-0.05, 0) is 50.1 Å². The van der Waals surface area contributed by atoms with Gasteiger partial charge in [-0.1, -0.05) is 54.6 Å². The van der Waals surface area contributed by atoms with Crippen molar-refractivity contribution in [3.63, 3.8) is 0 Å². The van der Waals surface area contributed by atoms with Crippen LogP contribution in [0.2, 0.25) is 0 Å². The molecule has 36 heavy (non-hydrogen) atoms. The number of imidazole rings is 1. The molecular formula is C29H31FN4O2. The molecule has 0 radical (unpaired) electrons. The Morgan fingerprint density at radius 2 is 1.67 bits per heavy atom. The Labute approximate surface area is 210 Å². The monoisotopic (exact) mass is 486 g/mol. The van der Waals surface area contributed by atoms with Crippen LogP contribution < -0.4 is 5.32 Å². The fourth-order valence-electron chi connectivity index (χ4n) is 4.25. The number of rotatable bonds is 10. The second-order valence-corrected chi connectivity index (χ2v) is 9.04. The van der Waals surface area contributed by atoms with Crippen molar-refractivity contribution in [1.29, 1.82) is 0 Å². The Morgan fingerprint density at radius 1 is 0.972 bits per heavy atom. The number of carbonyl (C=O) groups is 2. The standard InChI is InChI=1S/C29H31FN4O2/c1-21(2)33(19-22-11-4-3-5-12-22)28(35)20-34-26-16-9-8-15-25(26)32-27(34)17-10-18-31-29(36)23-13-6-7-14-24(23)30/h3-9,11-16,21H,10,17-20H2,1-2H3,(H,31,36). The normalized spacial score (nSPS) is 11.1. The van der Waals surface area contributed by atoms with E-state index in [1.807, 2.05) is 77.9 Å². The van der Waals surface area contributed by atoms with Crippen LogP contribution in [0.15, 0.2) is 78.9 Å². The first-order valence-corrected chi connectivity index (χ1v) is 12.2. The Bertz CT molecular complexity index is 1330. The van der Waals surface area contributed by atoms with Crippen LogP contribution in [0.25, 0.3) is 11.0 Å². The van der Waals surface area contributed by atoms with Gasteiger partial charge in [-0.2, -0.15) is 0 Å². The highest BCUT2D eigenvalue weighted by atomic mass is 19.1. The van der Waals surface area contributed by atoms with Gasteiger partial charge in [0.2, 0.25) is 5.91 Å². The number of hydrogen-bond donors (Lipinski definition) is 1. The van der Waals surface area contributed by atoms with Crippen molar-refractivity contribution in [1.82, 2.24) is 19.8 Å². The first kappa shape index (κ1) is 25.1. The minimum absolute atomic E-state index is 0.0195. The first-order chi connectivity index (χ1) is 17.4. The number of carbonyl (C=O) groups excluding carboxylic acids is 2. The molecule has 0 aliphatic heterocycles. The van der Waals surface area contributed by atoms with Gasteiger partial charge in [0.15, 0.2) is 0 Å². The highest BCUT2D eigenvalue weighted by Gasteiger charge is 2.21. The van der Waals surface area contributed by atoms with Gasteiger partial charge in [0, 0.05) is 25.6 Å². The molecule has 0 spiro atoms. The van der Waals surface area contributed by atoms with E-state index < -0.39 is 11.7 Å².